The minimum absolute atomic E-state index is 0.223. The summed E-state index contributed by atoms with van der Waals surface area (Å²) in [5.41, 5.74) is 1.03. The molecule has 0 bridgehead atoms. The Labute approximate surface area is 153 Å². The Kier molecular flexibility index (Phi) is 5.15. The smallest absolute Gasteiger partial charge is 0.410 e. The van der Waals surface area contributed by atoms with Gasteiger partial charge in [0.2, 0.25) is 0 Å². The molecule has 0 spiro atoms. The highest BCUT2D eigenvalue weighted by atomic mass is 16.6. The van der Waals surface area contributed by atoms with Crippen LogP contribution in [0.25, 0.3) is 11.0 Å². The maximum atomic E-state index is 12.1. The average molecular weight is 359 g/mol. The van der Waals surface area contributed by atoms with Crippen molar-refractivity contribution >= 4 is 17.1 Å². The summed E-state index contributed by atoms with van der Waals surface area (Å²) in [6, 6.07) is 7.57. The van der Waals surface area contributed by atoms with Crippen molar-refractivity contribution in [3.05, 3.63) is 24.3 Å². The fourth-order valence-electron chi connectivity index (χ4n) is 2.85. The largest absolute Gasteiger partial charge is 0.477 e. The van der Waals surface area contributed by atoms with Gasteiger partial charge in [-0.2, -0.15) is 0 Å². The molecule has 1 aliphatic rings. The molecule has 1 unspecified atom stereocenters. The van der Waals surface area contributed by atoms with Gasteiger partial charge in [-0.15, -0.1) is 0 Å². The number of rotatable bonds is 4. The Morgan fingerprint density at radius 3 is 2.46 bits per heavy atom. The summed E-state index contributed by atoms with van der Waals surface area (Å²) in [5, 5.41) is 0. The molecule has 26 heavy (non-hydrogen) atoms. The van der Waals surface area contributed by atoms with Crippen molar-refractivity contribution in [2.75, 3.05) is 26.8 Å². The Bertz CT molecular complexity index is 788. The number of nitrogens with zero attached hydrogens (tertiary/aromatic N) is 3. The first-order chi connectivity index (χ1) is 12.4. The van der Waals surface area contributed by atoms with E-state index in [9.17, 15) is 4.79 Å². The van der Waals surface area contributed by atoms with Crippen LogP contribution in [-0.4, -0.2) is 53.4 Å². The molecule has 0 aliphatic carbocycles. The number of ether oxygens (including phenoxy) is 3. The summed E-state index contributed by atoms with van der Waals surface area (Å²) in [4.78, 5) is 22.8. The van der Waals surface area contributed by atoms with E-state index in [1.165, 1.54) is 0 Å². The molecule has 2 heterocycles. The number of hydrogen-bond donors (Lipinski definition) is 0. The molecule has 0 radical (unpaired) electrons. The third-order valence-electron chi connectivity index (χ3n) is 4.10. The van der Waals surface area contributed by atoms with E-state index in [0.717, 1.165) is 17.5 Å². The maximum Gasteiger partial charge on any atom is 0.410 e. The lowest BCUT2D eigenvalue weighted by atomic mass is 10.1. The summed E-state index contributed by atoms with van der Waals surface area (Å²) in [6.45, 7) is 7.33. The van der Waals surface area contributed by atoms with E-state index in [1.54, 1.807) is 12.0 Å². The Hall–Kier alpha value is -2.57. The van der Waals surface area contributed by atoms with Crippen molar-refractivity contribution in [3.63, 3.8) is 0 Å². The summed E-state index contributed by atoms with van der Waals surface area (Å²) in [5.74, 6) is 0.966. The molecule has 2 aromatic rings. The zero-order chi connectivity index (χ0) is 18.7. The predicted molar refractivity (Wildman–Crippen MR) is 97.5 cm³/mol. The Morgan fingerprint density at radius 2 is 1.85 bits per heavy atom. The molecule has 1 aliphatic heterocycles. The monoisotopic (exact) mass is 359 g/mol. The fourth-order valence-corrected chi connectivity index (χ4v) is 2.85. The van der Waals surface area contributed by atoms with Crippen LogP contribution in [0.15, 0.2) is 24.3 Å². The van der Waals surface area contributed by atoms with E-state index >= 15 is 0 Å². The van der Waals surface area contributed by atoms with Crippen molar-refractivity contribution in [3.8, 4) is 11.8 Å². The normalized spacial score (nSPS) is 17.4. The molecule has 1 amide bonds. The predicted octanol–water partition coefficient (Wildman–Crippen LogP) is 3.27. The minimum atomic E-state index is -0.486. The average Bonchev–Trinajstić information content (AvgIpc) is 3.07. The zero-order valence-electron chi connectivity index (χ0n) is 15.7. The van der Waals surface area contributed by atoms with Crippen LogP contribution in [0.5, 0.6) is 11.8 Å². The van der Waals surface area contributed by atoms with Gasteiger partial charge in [0.05, 0.1) is 24.8 Å². The van der Waals surface area contributed by atoms with Crippen LogP contribution in [0, 0.1) is 5.92 Å². The maximum absolute atomic E-state index is 12.1. The molecular weight excluding hydrogens is 334 g/mol. The van der Waals surface area contributed by atoms with Crippen LogP contribution in [0.4, 0.5) is 4.79 Å². The van der Waals surface area contributed by atoms with E-state index in [-0.39, 0.29) is 12.0 Å². The fraction of sp³-hybridized carbons (Fsp3) is 0.526. The number of likely N-dealkylation sites (tertiary alicyclic amines) is 1. The van der Waals surface area contributed by atoms with Gasteiger partial charge in [0.1, 0.15) is 5.60 Å². The van der Waals surface area contributed by atoms with Crippen LogP contribution in [-0.2, 0) is 4.74 Å². The second-order valence-electron chi connectivity index (χ2n) is 7.42. The number of amides is 1. The molecule has 1 aromatic carbocycles. The van der Waals surface area contributed by atoms with Gasteiger partial charge in [0.15, 0.2) is 0 Å². The van der Waals surface area contributed by atoms with E-state index in [2.05, 4.69) is 9.97 Å². The molecule has 0 N–H and O–H groups in total. The second kappa shape index (κ2) is 7.35. The van der Waals surface area contributed by atoms with Gasteiger partial charge in [0, 0.05) is 19.0 Å². The van der Waals surface area contributed by atoms with E-state index in [1.807, 2.05) is 45.0 Å². The first kappa shape index (κ1) is 18.2. The number of benzene rings is 1. The van der Waals surface area contributed by atoms with Crippen molar-refractivity contribution in [2.24, 2.45) is 5.92 Å². The van der Waals surface area contributed by atoms with Gasteiger partial charge in [-0.05, 0) is 39.3 Å². The minimum Gasteiger partial charge on any atom is -0.477 e. The Morgan fingerprint density at radius 1 is 1.19 bits per heavy atom. The standard InChI is InChI=1S/C19H25N3O4/c1-19(2,3)26-18(23)22-10-9-13(11-22)12-25-17-16(24-4)20-14-7-5-6-8-15(14)21-17/h5-8,13H,9-12H2,1-4H3. The molecule has 1 aromatic heterocycles. The van der Waals surface area contributed by atoms with Gasteiger partial charge < -0.3 is 19.1 Å². The lowest BCUT2D eigenvalue weighted by Gasteiger charge is -2.24. The number of aromatic nitrogens is 2. The number of para-hydroxylation sites is 2. The second-order valence-corrected chi connectivity index (χ2v) is 7.42. The quantitative estimate of drug-likeness (QED) is 0.834. The van der Waals surface area contributed by atoms with Crippen LogP contribution >= 0.6 is 0 Å². The number of carbonyl (C=O) groups excluding carboxylic acids is 1. The van der Waals surface area contributed by atoms with Gasteiger partial charge in [-0.1, -0.05) is 12.1 Å². The SMILES string of the molecule is COc1nc2ccccc2nc1OCC1CCN(C(=O)OC(C)(C)C)C1. The molecule has 0 saturated carbocycles. The highest BCUT2D eigenvalue weighted by molar-refractivity contribution is 5.75. The first-order valence-corrected chi connectivity index (χ1v) is 8.77. The highest BCUT2D eigenvalue weighted by Gasteiger charge is 2.30. The zero-order valence-corrected chi connectivity index (χ0v) is 15.7. The van der Waals surface area contributed by atoms with Crippen molar-refractivity contribution in [1.29, 1.82) is 0 Å². The van der Waals surface area contributed by atoms with Crippen molar-refractivity contribution in [1.82, 2.24) is 14.9 Å². The number of carbonyl (C=O) groups is 1. The molecule has 7 nitrogen and oxygen atoms in total. The van der Waals surface area contributed by atoms with Crippen LogP contribution < -0.4 is 9.47 Å². The molecule has 140 valence electrons. The molecule has 1 saturated heterocycles. The number of fused-ring (bicyclic) bond motifs is 1. The highest BCUT2D eigenvalue weighted by Crippen LogP contribution is 2.27. The van der Waals surface area contributed by atoms with Gasteiger partial charge >= 0.3 is 6.09 Å². The number of methoxy groups -OCH3 is 1. The van der Waals surface area contributed by atoms with Gasteiger partial charge in [0.25, 0.3) is 11.8 Å². The molecule has 1 fully saturated rings. The van der Waals surface area contributed by atoms with Gasteiger partial charge in [-0.25, -0.2) is 14.8 Å². The topological polar surface area (TPSA) is 73.8 Å². The lowest BCUT2D eigenvalue weighted by Crippen LogP contribution is -2.35. The molecule has 1 atom stereocenters. The van der Waals surface area contributed by atoms with Crippen molar-refractivity contribution in [2.45, 2.75) is 32.8 Å². The number of hydrogen-bond acceptors (Lipinski definition) is 6. The molecule has 3 rings (SSSR count). The third kappa shape index (κ3) is 4.33. The third-order valence-corrected chi connectivity index (χ3v) is 4.10. The molecule has 7 heteroatoms. The lowest BCUT2D eigenvalue weighted by molar-refractivity contribution is 0.0284. The first-order valence-electron chi connectivity index (χ1n) is 8.77. The summed E-state index contributed by atoms with van der Waals surface area (Å²) < 4.78 is 16.6. The van der Waals surface area contributed by atoms with Gasteiger partial charge in [-0.3, -0.25) is 0 Å². The van der Waals surface area contributed by atoms with Crippen LogP contribution in [0.1, 0.15) is 27.2 Å². The summed E-state index contributed by atoms with van der Waals surface area (Å²) in [6.07, 6.45) is 0.589. The summed E-state index contributed by atoms with van der Waals surface area (Å²) >= 11 is 0. The van der Waals surface area contributed by atoms with E-state index < -0.39 is 5.60 Å². The van der Waals surface area contributed by atoms with E-state index in [0.29, 0.717) is 31.5 Å². The van der Waals surface area contributed by atoms with Crippen LogP contribution in [0.2, 0.25) is 0 Å². The summed E-state index contributed by atoms with van der Waals surface area (Å²) in [7, 11) is 1.55. The van der Waals surface area contributed by atoms with Crippen LogP contribution in [0.3, 0.4) is 0 Å². The Balaban J connectivity index is 1.61. The van der Waals surface area contributed by atoms with Crippen molar-refractivity contribution < 1.29 is 19.0 Å². The molecular formula is C19H25N3O4. The van der Waals surface area contributed by atoms with E-state index in [4.69, 9.17) is 14.2 Å².